The van der Waals surface area contributed by atoms with Crippen molar-refractivity contribution in [2.45, 2.75) is 6.54 Å². The smallest absolute Gasteiger partial charge is 0.251 e. The van der Waals surface area contributed by atoms with E-state index in [4.69, 9.17) is 16.3 Å². The quantitative estimate of drug-likeness (QED) is 0.489. The molecule has 0 saturated carbocycles. The molecule has 0 bridgehead atoms. The normalized spacial score (nSPS) is 11.0. The van der Waals surface area contributed by atoms with Crippen LogP contribution in [0.2, 0.25) is 5.02 Å². The molecule has 1 N–H and O–H groups in total. The molecule has 3 aromatic carbocycles. The van der Waals surface area contributed by atoms with Gasteiger partial charge < -0.3 is 10.1 Å². The third-order valence-corrected chi connectivity index (χ3v) is 6.00. The van der Waals surface area contributed by atoms with Gasteiger partial charge >= 0.3 is 0 Å². The number of carbonyl (C=O) groups is 1. The maximum absolute atomic E-state index is 12.4. The zero-order chi connectivity index (χ0) is 22.3. The highest BCUT2D eigenvalue weighted by molar-refractivity contribution is 7.92. The molecular weight excluding hydrogens is 436 g/mol. The molecule has 1 amide bonds. The summed E-state index contributed by atoms with van der Waals surface area (Å²) >= 11 is 6.19. The first-order chi connectivity index (χ1) is 14.8. The summed E-state index contributed by atoms with van der Waals surface area (Å²) < 4.78 is 31.5. The summed E-state index contributed by atoms with van der Waals surface area (Å²) in [5.41, 5.74) is 1.57. The van der Waals surface area contributed by atoms with Crippen LogP contribution in [0.3, 0.4) is 0 Å². The van der Waals surface area contributed by atoms with Crippen LogP contribution in [-0.4, -0.2) is 33.7 Å². The van der Waals surface area contributed by atoms with E-state index in [2.05, 4.69) is 5.32 Å². The lowest BCUT2D eigenvalue weighted by Gasteiger charge is -2.23. The predicted molar refractivity (Wildman–Crippen MR) is 123 cm³/mol. The van der Waals surface area contributed by atoms with Crippen molar-refractivity contribution in [1.82, 2.24) is 5.32 Å². The van der Waals surface area contributed by atoms with E-state index in [1.807, 2.05) is 30.3 Å². The van der Waals surface area contributed by atoms with Crippen molar-refractivity contribution in [3.8, 4) is 5.75 Å². The maximum Gasteiger partial charge on any atom is 0.251 e. The Labute approximate surface area is 187 Å². The predicted octanol–water partition coefficient (Wildman–Crippen LogP) is 4.12. The number of carbonyl (C=O) groups excluding carboxylic acids is 1. The second-order valence-corrected chi connectivity index (χ2v) is 9.14. The Morgan fingerprint density at radius 3 is 2.26 bits per heavy atom. The third-order valence-electron chi connectivity index (χ3n) is 4.49. The molecule has 0 radical (unpaired) electrons. The van der Waals surface area contributed by atoms with Crippen molar-refractivity contribution >= 4 is 33.2 Å². The molecule has 0 unspecified atom stereocenters. The van der Waals surface area contributed by atoms with E-state index in [1.54, 1.807) is 48.5 Å². The molecule has 0 saturated heterocycles. The SMILES string of the molecule is CS(=O)(=O)N(Cc1ccccc1Cl)c1ccc(C(=O)NCCOc2ccccc2)cc1. The molecule has 0 aromatic heterocycles. The number of para-hydroxylation sites is 1. The standard InChI is InChI=1S/C23H23ClN2O4S/c1-31(28,29)26(17-19-7-5-6-10-22(19)24)20-13-11-18(12-14-20)23(27)25-15-16-30-21-8-3-2-4-9-21/h2-14H,15-17H2,1H3,(H,25,27). The third kappa shape index (κ3) is 6.47. The Morgan fingerprint density at radius 2 is 1.61 bits per heavy atom. The fourth-order valence-corrected chi connectivity index (χ4v) is 3.99. The van der Waals surface area contributed by atoms with E-state index in [1.165, 1.54) is 4.31 Å². The number of ether oxygens (including phenoxy) is 1. The number of nitrogens with zero attached hydrogens (tertiary/aromatic N) is 1. The van der Waals surface area contributed by atoms with Gasteiger partial charge in [0.2, 0.25) is 10.0 Å². The summed E-state index contributed by atoms with van der Waals surface area (Å²) in [7, 11) is -3.55. The van der Waals surface area contributed by atoms with Crippen molar-refractivity contribution < 1.29 is 17.9 Å². The van der Waals surface area contributed by atoms with Gasteiger partial charge in [0.25, 0.3) is 5.91 Å². The molecule has 0 atom stereocenters. The number of nitrogens with one attached hydrogen (secondary N) is 1. The van der Waals surface area contributed by atoms with Crippen molar-refractivity contribution in [2.24, 2.45) is 0 Å². The lowest BCUT2D eigenvalue weighted by molar-refractivity contribution is 0.0947. The minimum absolute atomic E-state index is 0.0981. The Balaban J connectivity index is 1.62. The van der Waals surface area contributed by atoms with Gasteiger partial charge in [0.15, 0.2) is 0 Å². The Morgan fingerprint density at radius 1 is 0.968 bits per heavy atom. The fraction of sp³-hybridized carbons (Fsp3) is 0.174. The average Bonchev–Trinajstić information content (AvgIpc) is 2.76. The van der Waals surface area contributed by atoms with Gasteiger partial charge in [-0.2, -0.15) is 0 Å². The minimum Gasteiger partial charge on any atom is -0.492 e. The summed E-state index contributed by atoms with van der Waals surface area (Å²) in [5, 5.41) is 3.27. The van der Waals surface area contributed by atoms with Crippen LogP contribution < -0.4 is 14.4 Å². The molecular formula is C23H23ClN2O4S. The molecule has 3 aromatic rings. The molecule has 0 aliphatic rings. The summed E-state index contributed by atoms with van der Waals surface area (Å²) in [6.07, 6.45) is 1.14. The number of hydrogen-bond acceptors (Lipinski definition) is 4. The van der Waals surface area contributed by atoms with Crippen LogP contribution in [0.5, 0.6) is 5.75 Å². The summed E-state index contributed by atoms with van der Waals surface area (Å²) in [5.74, 6) is 0.473. The molecule has 3 rings (SSSR count). The molecule has 162 valence electrons. The van der Waals surface area contributed by atoms with Crippen molar-refractivity contribution in [1.29, 1.82) is 0 Å². The van der Waals surface area contributed by atoms with Gasteiger partial charge in [0, 0.05) is 10.6 Å². The van der Waals surface area contributed by atoms with E-state index < -0.39 is 10.0 Å². The molecule has 0 spiro atoms. The fourth-order valence-electron chi connectivity index (χ4n) is 2.91. The molecule has 0 aliphatic carbocycles. The number of rotatable bonds is 9. The van der Waals surface area contributed by atoms with Crippen LogP contribution in [0.4, 0.5) is 5.69 Å². The van der Waals surface area contributed by atoms with Crippen LogP contribution in [-0.2, 0) is 16.6 Å². The first-order valence-electron chi connectivity index (χ1n) is 9.62. The number of anilines is 1. The number of hydrogen-bond donors (Lipinski definition) is 1. The van der Waals surface area contributed by atoms with Crippen LogP contribution >= 0.6 is 11.6 Å². The van der Waals surface area contributed by atoms with Crippen molar-refractivity contribution in [3.05, 3.63) is 95.0 Å². The Kier molecular flexibility index (Phi) is 7.55. The van der Waals surface area contributed by atoms with Gasteiger partial charge in [-0.1, -0.05) is 48.0 Å². The van der Waals surface area contributed by atoms with Crippen LogP contribution in [0, 0.1) is 0 Å². The van der Waals surface area contributed by atoms with Gasteiger partial charge in [-0.05, 0) is 48.0 Å². The van der Waals surface area contributed by atoms with Crippen molar-refractivity contribution in [3.63, 3.8) is 0 Å². The molecule has 31 heavy (non-hydrogen) atoms. The summed E-state index contributed by atoms with van der Waals surface area (Å²) in [4.78, 5) is 12.4. The van der Waals surface area contributed by atoms with Crippen LogP contribution in [0.25, 0.3) is 0 Å². The molecule has 0 heterocycles. The second kappa shape index (κ2) is 10.3. The average molecular weight is 459 g/mol. The maximum atomic E-state index is 12.4. The Hall–Kier alpha value is -3.03. The van der Waals surface area contributed by atoms with Gasteiger partial charge in [-0.3, -0.25) is 9.10 Å². The highest BCUT2D eigenvalue weighted by atomic mass is 35.5. The van der Waals surface area contributed by atoms with Gasteiger partial charge in [-0.25, -0.2) is 8.42 Å². The minimum atomic E-state index is -3.55. The number of benzene rings is 3. The van der Waals surface area contributed by atoms with E-state index in [9.17, 15) is 13.2 Å². The highest BCUT2D eigenvalue weighted by Crippen LogP contribution is 2.24. The number of halogens is 1. The molecule has 0 fully saturated rings. The first-order valence-corrected chi connectivity index (χ1v) is 11.8. The largest absolute Gasteiger partial charge is 0.492 e. The zero-order valence-corrected chi connectivity index (χ0v) is 18.6. The number of sulfonamides is 1. The summed E-state index contributed by atoms with van der Waals surface area (Å²) in [6, 6.07) is 22.8. The highest BCUT2D eigenvalue weighted by Gasteiger charge is 2.19. The van der Waals surface area contributed by atoms with Gasteiger partial charge in [0.05, 0.1) is 25.0 Å². The molecule has 6 nitrogen and oxygen atoms in total. The van der Waals surface area contributed by atoms with Crippen molar-refractivity contribution in [2.75, 3.05) is 23.7 Å². The van der Waals surface area contributed by atoms with Crippen LogP contribution in [0.15, 0.2) is 78.9 Å². The van der Waals surface area contributed by atoms with E-state index >= 15 is 0 Å². The Bertz CT molecular complexity index is 1120. The monoisotopic (exact) mass is 458 g/mol. The lowest BCUT2D eigenvalue weighted by Crippen LogP contribution is -2.30. The van der Waals surface area contributed by atoms with Gasteiger partial charge in [-0.15, -0.1) is 0 Å². The van der Waals surface area contributed by atoms with Crippen LogP contribution in [0.1, 0.15) is 15.9 Å². The van der Waals surface area contributed by atoms with Gasteiger partial charge in [0.1, 0.15) is 12.4 Å². The lowest BCUT2D eigenvalue weighted by atomic mass is 10.1. The first kappa shape index (κ1) is 22.7. The molecule has 8 heteroatoms. The van der Waals surface area contributed by atoms with E-state index in [0.717, 1.165) is 12.0 Å². The number of amides is 1. The topological polar surface area (TPSA) is 75.7 Å². The summed E-state index contributed by atoms with van der Waals surface area (Å²) in [6.45, 7) is 0.784. The molecule has 0 aliphatic heterocycles. The van der Waals surface area contributed by atoms with E-state index in [-0.39, 0.29) is 12.5 Å². The second-order valence-electron chi connectivity index (χ2n) is 6.83. The zero-order valence-electron chi connectivity index (χ0n) is 17.0. The van der Waals surface area contributed by atoms with E-state index in [0.29, 0.717) is 35.0 Å².